The molecule has 2 N–H and O–H groups in total. The van der Waals surface area contributed by atoms with Gasteiger partial charge in [0.25, 0.3) is 5.91 Å². The Labute approximate surface area is 168 Å². The lowest BCUT2D eigenvalue weighted by Crippen LogP contribution is -2.41. The van der Waals surface area contributed by atoms with Crippen LogP contribution in [0.15, 0.2) is 42.0 Å². The minimum atomic E-state index is -0.206. The topological polar surface area (TPSA) is 77.1 Å². The molecule has 0 bridgehead atoms. The number of aromatic amines is 1. The van der Waals surface area contributed by atoms with Crippen LogP contribution in [0, 0.1) is 0 Å². The van der Waals surface area contributed by atoms with Gasteiger partial charge in [-0.2, -0.15) is 5.10 Å². The van der Waals surface area contributed by atoms with Crippen LogP contribution in [0.1, 0.15) is 23.3 Å². The number of carbonyl (C=O) groups excluding carboxylic acids is 1. The molecule has 3 heterocycles. The standard InChI is InChI=1S/C20H24N6OS/c1-25-9-7-17(8-10-25)26(2)16-5-3-15(4-6-16)23-19(27)18-13-28-20(24-18)14-11-21-22-12-14/h3-6,11-13,17H,7-10H2,1-2H3,(H,21,22)(H,23,27). The highest BCUT2D eigenvalue weighted by atomic mass is 32.1. The van der Waals surface area contributed by atoms with Crippen LogP contribution in [0.5, 0.6) is 0 Å². The number of carbonyl (C=O) groups is 1. The van der Waals surface area contributed by atoms with Gasteiger partial charge in [-0.05, 0) is 57.2 Å². The Morgan fingerprint density at radius 1 is 1.29 bits per heavy atom. The number of aromatic nitrogens is 3. The lowest BCUT2D eigenvalue weighted by Gasteiger charge is -2.36. The molecule has 0 radical (unpaired) electrons. The largest absolute Gasteiger partial charge is 0.372 e. The first-order valence-corrected chi connectivity index (χ1v) is 10.3. The number of anilines is 2. The van der Waals surface area contributed by atoms with E-state index in [1.807, 2.05) is 12.1 Å². The molecule has 0 unspecified atom stereocenters. The van der Waals surface area contributed by atoms with Gasteiger partial charge in [0.05, 0.1) is 6.20 Å². The summed E-state index contributed by atoms with van der Waals surface area (Å²) < 4.78 is 0. The van der Waals surface area contributed by atoms with E-state index < -0.39 is 0 Å². The second-order valence-electron chi connectivity index (χ2n) is 7.17. The first-order valence-electron chi connectivity index (χ1n) is 9.37. The molecule has 2 aromatic heterocycles. The number of thiazole rings is 1. The highest BCUT2D eigenvalue weighted by molar-refractivity contribution is 7.13. The van der Waals surface area contributed by atoms with Crippen LogP contribution in [0.4, 0.5) is 11.4 Å². The van der Waals surface area contributed by atoms with Gasteiger partial charge in [0.2, 0.25) is 0 Å². The number of hydrogen-bond donors (Lipinski definition) is 2. The van der Waals surface area contributed by atoms with E-state index in [0.29, 0.717) is 11.7 Å². The Hall–Kier alpha value is -2.71. The van der Waals surface area contributed by atoms with Gasteiger partial charge in [0.15, 0.2) is 0 Å². The van der Waals surface area contributed by atoms with Crippen molar-refractivity contribution in [2.24, 2.45) is 0 Å². The number of hydrogen-bond acceptors (Lipinski definition) is 6. The van der Waals surface area contributed by atoms with Crippen LogP contribution >= 0.6 is 11.3 Å². The van der Waals surface area contributed by atoms with Crippen molar-refractivity contribution in [1.82, 2.24) is 20.1 Å². The lowest BCUT2D eigenvalue weighted by atomic mass is 10.0. The van der Waals surface area contributed by atoms with Gasteiger partial charge in [-0.3, -0.25) is 9.89 Å². The lowest BCUT2D eigenvalue weighted by molar-refractivity contribution is 0.102. The number of H-pyrrole nitrogens is 1. The van der Waals surface area contributed by atoms with E-state index in [-0.39, 0.29) is 5.91 Å². The number of amides is 1. The van der Waals surface area contributed by atoms with Gasteiger partial charge >= 0.3 is 0 Å². The number of benzene rings is 1. The molecule has 28 heavy (non-hydrogen) atoms. The monoisotopic (exact) mass is 396 g/mol. The zero-order valence-electron chi connectivity index (χ0n) is 16.1. The molecule has 0 atom stereocenters. The average molecular weight is 397 g/mol. The van der Waals surface area contributed by atoms with Crippen molar-refractivity contribution in [3.05, 3.63) is 47.7 Å². The van der Waals surface area contributed by atoms with Gasteiger partial charge in [-0.15, -0.1) is 11.3 Å². The molecule has 8 heteroatoms. The van der Waals surface area contributed by atoms with Crippen LogP contribution in [-0.2, 0) is 0 Å². The Morgan fingerprint density at radius 2 is 2.04 bits per heavy atom. The van der Waals surface area contributed by atoms with Crippen molar-refractivity contribution < 1.29 is 4.79 Å². The summed E-state index contributed by atoms with van der Waals surface area (Å²) in [6, 6.07) is 8.58. The van der Waals surface area contributed by atoms with E-state index in [1.165, 1.54) is 29.9 Å². The maximum Gasteiger partial charge on any atom is 0.275 e. The number of piperidine rings is 1. The maximum absolute atomic E-state index is 12.5. The van der Waals surface area contributed by atoms with Gasteiger partial charge in [-0.25, -0.2) is 4.98 Å². The minimum Gasteiger partial charge on any atom is -0.372 e. The summed E-state index contributed by atoms with van der Waals surface area (Å²) in [5.41, 5.74) is 3.23. The number of rotatable bonds is 5. The van der Waals surface area contributed by atoms with Crippen molar-refractivity contribution in [2.45, 2.75) is 18.9 Å². The first-order chi connectivity index (χ1) is 13.6. The summed E-state index contributed by atoms with van der Waals surface area (Å²) in [5, 5.41) is 12.1. The Balaban J connectivity index is 1.38. The third-order valence-electron chi connectivity index (χ3n) is 5.25. The molecule has 0 aliphatic carbocycles. The van der Waals surface area contributed by atoms with Crippen molar-refractivity contribution >= 4 is 28.6 Å². The second-order valence-corrected chi connectivity index (χ2v) is 8.03. The smallest absolute Gasteiger partial charge is 0.275 e. The molecule has 1 amide bonds. The second kappa shape index (κ2) is 8.12. The summed E-state index contributed by atoms with van der Waals surface area (Å²) in [4.78, 5) is 21.6. The molecule has 1 aliphatic heterocycles. The van der Waals surface area contributed by atoms with Crippen LogP contribution in [-0.4, -0.2) is 59.2 Å². The minimum absolute atomic E-state index is 0.206. The highest BCUT2D eigenvalue weighted by Crippen LogP contribution is 2.25. The molecule has 146 valence electrons. The highest BCUT2D eigenvalue weighted by Gasteiger charge is 2.21. The van der Waals surface area contributed by atoms with Crippen molar-refractivity contribution in [2.75, 3.05) is 37.4 Å². The SMILES string of the molecule is CN1CCC(N(C)c2ccc(NC(=O)c3csc(-c4cn[nH]c4)n3)cc2)CC1. The number of likely N-dealkylation sites (tertiary alicyclic amines) is 1. The van der Waals surface area contributed by atoms with E-state index in [9.17, 15) is 4.79 Å². The van der Waals surface area contributed by atoms with Gasteiger partial charge in [-0.1, -0.05) is 0 Å². The summed E-state index contributed by atoms with van der Waals surface area (Å²) in [5.74, 6) is -0.206. The van der Waals surface area contributed by atoms with E-state index in [2.05, 4.69) is 56.5 Å². The summed E-state index contributed by atoms with van der Waals surface area (Å²) >= 11 is 1.43. The number of nitrogens with zero attached hydrogens (tertiary/aromatic N) is 4. The van der Waals surface area contributed by atoms with Crippen molar-refractivity contribution in [1.29, 1.82) is 0 Å². The van der Waals surface area contributed by atoms with Gasteiger partial charge < -0.3 is 15.1 Å². The fraction of sp³-hybridized carbons (Fsp3) is 0.350. The molecule has 1 saturated heterocycles. The zero-order chi connectivity index (χ0) is 19.5. The quantitative estimate of drug-likeness (QED) is 0.692. The fourth-order valence-corrected chi connectivity index (χ4v) is 4.23. The summed E-state index contributed by atoms with van der Waals surface area (Å²) in [6.07, 6.45) is 5.81. The van der Waals surface area contributed by atoms with Crippen LogP contribution in [0.25, 0.3) is 10.6 Å². The Bertz CT molecular complexity index is 913. The molecular weight excluding hydrogens is 372 g/mol. The number of nitrogens with one attached hydrogen (secondary N) is 2. The summed E-state index contributed by atoms with van der Waals surface area (Å²) in [7, 11) is 4.32. The molecule has 3 aromatic rings. The van der Waals surface area contributed by atoms with Gasteiger partial charge in [0.1, 0.15) is 10.7 Å². The molecule has 1 aromatic carbocycles. The van der Waals surface area contributed by atoms with E-state index >= 15 is 0 Å². The zero-order valence-corrected chi connectivity index (χ0v) is 16.9. The summed E-state index contributed by atoms with van der Waals surface area (Å²) in [6.45, 7) is 2.27. The first kappa shape index (κ1) is 18.6. The Kier molecular flexibility index (Phi) is 5.40. The molecule has 1 aliphatic rings. The molecule has 1 fully saturated rings. The van der Waals surface area contributed by atoms with Crippen LogP contribution in [0.3, 0.4) is 0 Å². The van der Waals surface area contributed by atoms with Crippen molar-refractivity contribution in [3.63, 3.8) is 0 Å². The third-order valence-corrected chi connectivity index (χ3v) is 6.14. The fourth-order valence-electron chi connectivity index (χ4n) is 3.45. The van der Waals surface area contributed by atoms with Gasteiger partial charge in [0, 0.05) is 41.6 Å². The Morgan fingerprint density at radius 3 is 2.71 bits per heavy atom. The van der Waals surface area contributed by atoms with Crippen LogP contribution < -0.4 is 10.2 Å². The van der Waals surface area contributed by atoms with E-state index in [4.69, 9.17) is 0 Å². The maximum atomic E-state index is 12.5. The third kappa shape index (κ3) is 4.07. The molecule has 0 spiro atoms. The van der Waals surface area contributed by atoms with Crippen LogP contribution in [0.2, 0.25) is 0 Å². The average Bonchev–Trinajstić information content (AvgIpc) is 3.40. The predicted molar refractivity (Wildman–Crippen MR) is 113 cm³/mol. The molecule has 7 nitrogen and oxygen atoms in total. The molecule has 4 rings (SSSR count). The molecule has 0 saturated carbocycles. The van der Waals surface area contributed by atoms with E-state index in [1.54, 1.807) is 17.8 Å². The van der Waals surface area contributed by atoms with E-state index in [0.717, 1.165) is 29.3 Å². The van der Waals surface area contributed by atoms with Crippen molar-refractivity contribution in [3.8, 4) is 10.6 Å². The normalized spacial score (nSPS) is 15.5. The molecular formula is C20H24N6OS. The predicted octanol–water partition coefficient (Wildman–Crippen LogP) is 3.32.